The molecule has 0 saturated carbocycles. The molecule has 6 rings (SSSR count). The van der Waals surface area contributed by atoms with Gasteiger partial charge in [0.25, 0.3) is 0 Å². The van der Waals surface area contributed by atoms with Gasteiger partial charge in [0.15, 0.2) is 0 Å². The van der Waals surface area contributed by atoms with Crippen LogP contribution in [0.1, 0.15) is 22.3 Å². The highest BCUT2D eigenvalue weighted by molar-refractivity contribution is 5.75. The van der Waals surface area contributed by atoms with E-state index in [0.717, 1.165) is 48.6 Å². The van der Waals surface area contributed by atoms with Crippen LogP contribution < -0.4 is 37.4 Å². The quantitative estimate of drug-likeness (QED) is 0.344. The van der Waals surface area contributed by atoms with Crippen molar-refractivity contribution in [2.24, 2.45) is 0 Å². The maximum atomic E-state index is 8.49. The second kappa shape index (κ2) is 10.8. The molecule has 0 unspecified atom stereocenters. The lowest BCUT2D eigenvalue weighted by atomic mass is 9.82. The summed E-state index contributed by atoms with van der Waals surface area (Å²) >= 11 is 0. The van der Waals surface area contributed by atoms with E-state index in [2.05, 4.69) is 59.2 Å². The van der Waals surface area contributed by atoms with Crippen LogP contribution >= 0.6 is 0 Å². The van der Waals surface area contributed by atoms with E-state index in [9.17, 15) is 0 Å². The van der Waals surface area contributed by atoms with Gasteiger partial charge in [-0.3, -0.25) is 0 Å². The molecule has 0 fully saturated rings. The fourth-order valence-corrected chi connectivity index (χ4v) is 5.51. The molecule has 0 spiro atoms. The third kappa shape index (κ3) is 5.56. The first-order valence-corrected chi connectivity index (χ1v) is 13.6. The Labute approximate surface area is 229 Å². The fraction of sp³-hybridized carbons (Fsp3) is 0.233. The summed E-state index contributed by atoms with van der Waals surface area (Å²) in [5, 5.41) is 0. The Balaban J connectivity index is 0.000000567. The molecule has 202 valence electrons. The van der Waals surface area contributed by atoms with Crippen LogP contribution in [-0.2, 0) is 25.7 Å². The van der Waals surface area contributed by atoms with Crippen LogP contribution in [-0.4, -0.2) is 21.3 Å². The van der Waals surface area contributed by atoms with Gasteiger partial charge in [-0.25, -0.2) is 18.6 Å². The Bertz CT molecular complexity index is 1430. The predicted octanol–water partition coefficient (Wildman–Crippen LogP) is 0.764. The smallest absolute Gasteiger partial charge is 0.222 e. The van der Waals surface area contributed by atoms with Crippen LogP contribution in [0.3, 0.4) is 0 Å². The van der Waals surface area contributed by atoms with Gasteiger partial charge in [0, 0.05) is 23.3 Å². The zero-order chi connectivity index (χ0) is 27.7. The van der Waals surface area contributed by atoms with Crippen LogP contribution in [0.25, 0.3) is 28.2 Å². The van der Waals surface area contributed by atoms with Crippen LogP contribution in [0, 0.1) is 10.2 Å². The first-order valence-electron chi connectivity index (χ1n) is 12.4. The number of rotatable bonds is 4. The van der Waals surface area contributed by atoms with Crippen molar-refractivity contribution in [2.75, 3.05) is 21.3 Å². The van der Waals surface area contributed by atoms with Crippen molar-refractivity contribution in [3.8, 4) is 45.5 Å². The molecule has 39 heavy (non-hydrogen) atoms. The lowest BCUT2D eigenvalue weighted by Gasteiger charge is -2.25. The second-order valence-electron chi connectivity index (χ2n) is 9.35. The average molecular weight is 550 g/mol. The van der Waals surface area contributed by atoms with Crippen molar-refractivity contribution in [2.45, 2.75) is 25.7 Å². The molecule has 0 radical (unpaired) electrons. The number of aromatic nitrogens is 1. The van der Waals surface area contributed by atoms with E-state index >= 15 is 0 Å². The number of halogens is 1. The van der Waals surface area contributed by atoms with Gasteiger partial charge < -0.3 is 14.2 Å². The minimum Gasteiger partial charge on any atom is -0.497 e. The van der Waals surface area contributed by atoms with Crippen molar-refractivity contribution in [3.63, 3.8) is 0 Å². The Morgan fingerprint density at radius 3 is 1.33 bits per heavy atom. The Morgan fingerprint density at radius 1 is 0.538 bits per heavy atom. The van der Waals surface area contributed by atoms with E-state index in [1.54, 1.807) is 21.3 Å². The molecule has 8 nitrogen and oxygen atoms in total. The maximum Gasteiger partial charge on any atom is 0.222 e. The molecule has 0 atom stereocenters. The summed E-state index contributed by atoms with van der Waals surface area (Å²) in [6.45, 7) is 0. The van der Waals surface area contributed by atoms with Crippen LogP contribution in [0.2, 0.25) is 0 Å². The summed E-state index contributed by atoms with van der Waals surface area (Å²) in [4.78, 5) is 0. The molecule has 0 bridgehead atoms. The Morgan fingerprint density at radius 2 is 0.923 bits per heavy atom. The first kappa shape index (κ1) is 26.9. The third-order valence-corrected chi connectivity index (χ3v) is 7.20. The van der Waals surface area contributed by atoms with Crippen molar-refractivity contribution >= 4 is 0 Å². The summed E-state index contributed by atoms with van der Waals surface area (Å²) in [7, 11) is 0.233. The van der Waals surface area contributed by atoms with Gasteiger partial charge in [-0.05, 0) is 91.4 Å². The molecule has 0 amide bonds. The van der Waals surface area contributed by atoms with E-state index < -0.39 is 10.2 Å². The number of fused-ring (bicyclic) bond motifs is 6. The molecule has 1 aromatic heterocycles. The highest BCUT2D eigenvalue weighted by Gasteiger charge is 2.35. The zero-order valence-electron chi connectivity index (χ0n) is 21.9. The summed E-state index contributed by atoms with van der Waals surface area (Å²) < 4.78 is 53.0. The highest BCUT2D eigenvalue weighted by atomic mass is 35.7. The molecule has 3 aromatic carbocycles. The number of aryl methyl sites for hydroxylation is 4. The lowest BCUT2D eigenvalue weighted by Crippen LogP contribution is -2.68. The number of pyridine rings is 1. The lowest BCUT2D eigenvalue weighted by molar-refractivity contribution is -2.00. The van der Waals surface area contributed by atoms with Gasteiger partial charge >= 0.3 is 0 Å². The van der Waals surface area contributed by atoms with Crippen molar-refractivity contribution in [1.82, 2.24) is 0 Å². The standard InChI is InChI=1S/C30H28NO3.ClHO4/c1-32-24-10-8-23(9-11-24)31-29-21(6-4-19-17-25(33-2)12-14-27(19)29)16-22-7-5-20-18-26(34-3)13-15-28(20)30(22)31;2-1(3,4)5/h8-18H,4-7H2,1-3H3;(H,2,3,4,5)/q+1;/p-1. The third-order valence-electron chi connectivity index (χ3n) is 7.20. The Hall–Kier alpha value is -3.66. The average Bonchev–Trinajstić information content (AvgIpc) is 2.94. The number of ether oxygens (including phenoxy) is 3. The van der Waals surface area contributed by atoms with Gasteiger partial charge in [-0.1, -0.05) is 0 Å². The van der Waals surface area contributed by atoms with Gasteiger partial charge in [-0.15, -0.1) is 10.2 Å². The molecule has 0 aliphatic heterocycles. The topological polar surface area (TPSA) is 124 Å². The minimum absolute atomic E-state index is 0.860. The van der Waals surface area contributed by atoms with Crippen LogP contribution in [0.4, 0.5) is 0 Å². The van der Waals surface area contributed by atoms with Gasteiger partial charge in [0.05, 0.1) is 32.5 Å². The predicted molar refractivity (Wildman–Crippen MR) is 133 cm³/mol. The van der Waals surface area contributed by atoms with Crippen LogP contribution in [0.15, 0.2) is 66.7 Å². The summed E-state index contributed by atoms with van der Waals surface area (Å²) in [5.74, 6) is 2.68. The molecule has 0 saturated heterocycles. The molecule has 1 heterocycles. The number of benzene rings is 3. The van der Waals surface area contributed by atoms with Gasteiger partial charge in [0.2, 0.25) is 17.1 Å². The molecule has 2 aliphatic carbocycles. The number of hydrogen-bond acceptors (Lipinski definition) is 7. The fourth-order valence-electron chi connectivity index (χ4n) is 5.51. The number of methoxy groups -OCH3 is 3. The summed E-state index contributed by atoms with van der Waals surface area (Å²) in [6, 6.07) is 23.8. The van der Waals surface area contributed by atoms with Gasteiger partial charge in [0.1, 0.15) is 17.2 Å². The normalized spacial score (nSPS) is 13.1. The monoisotopic (exact) mass is 549 g/mol. The zero-order valence-corrected chi connectivity index (χ0v) is 22.6. The molecular formula is C30H28ClNO7. The van der Waals surface area contributed by atoms with E-state index in [4.69, 9.17) is 32.8 Å². The van der Waals surface area contributed by atoms with E-state index in [1.165, 1.54) is 44.8 Å². The van der Waals surface area contributed by atoms with Crippen LogP contribution in [0.5, 0.6) is 17.2 Å². The number of nitrogens with zero attached hydrogens (tertiary/aromatic N) is 1. The SMILES string of the molecule is COc1ccc(-[n+]2c3c(cc4c2-c2ccc(OC)cc2CC4)CCc2cc(OC)ccc2-3)cc1.[O-][Cl+3]([O-])([O-])[O-]. The van der Waals surface area contributed by atoms with Gasteiger partial charge in [-0.2, -0.15) is 4.57 Å². The molecule has 4 aromatic rings. The molecule has 9 heteroatoms. The maximum absolute atomic E-state index is 8.49. The van der Waals surface area contributed by atoms with E-state index in [-0.39, 0.29) is 0 Å². The van der Waals surface area contributed by atoms with Crippen molar-refractivity contribution in [1.29, 1.82) is 0 Å². The largest absolute Gasteiger partial charge is 0.497 e. The molecule has 0 N–H and O–H groups in total. The van der Waals surface area contributed by atoms with Crippen molar-refractivity contribution in [3.05, 3.63) is 89.0 Å². The second-order valence-corrected chi connectivity index (χ2v) is 10.1. The minimum atomic E-state index is -4.94. The molecule has 2 aliphatic rings. The van der Waals surface area contributed by atoms with Crippen molar-refractivity contribution < 1.29 is 47.7 Å². The summed E-state index contributed by atoms with van der Waals surface area (Å²) in [6.07, 6.45) is 4.09. The van der Waals surface area contributed by atoms with E-state index in [0.29, 0.717) is 0 Å². The highest BCUT2D eigenvalue weighted by Crippen LogP contribution is 2.40. The summed E-state index contributed by atoms with van der Waals surface area (Å²) in [5.41, 5.74) is 11.7. The molecular weight excluding hydrogens is 522 g/mol. The number of hydrogen-bond donors (Lipinski definition) is 0. The van der Waals surface area contributed by atoms with E-state index in [1.807, 2.05) is 12.1 Å². The Kier molecular flexibility index (Phi) is 7.48. The first-order chi connectivity index (χ1) is 18.7.